The molecular weight excluding hydrogens is 176 g/mol. The topological polar surface area (TPSA) is 40.5 Å². The maximum atomic E-state index is 9.44. The van der Waals surface area contributed by atoms with E-state index in [-0.39, 0.29) is 0 Å². The second-order valence-electron chi connectivity index (χ2n) is 2.71. The molecule has 0 fully saturated rings. The predicted octanol–water partition coefficient (Wildman–Crippen LogP) is 1.75. The Morgan fingerprint density at radius 2 is 1.83 bits per heavy atom. The van der Waals surface area contributed by atoms with Gasteiger partial charge in [-0.25, -0.2) is 0 Å². The highest BCUT2D eigenvalue weighted by molar-refractivity contribution is 6.31. The third-order valence-electron chi connectivity index (χ3n) is 1.68. The minimum atomic E-state index is -0.904. The Labute approximate surface area is 76.4 Å². The van der Waals surface area contributed by atoms with Crippen LogP contribution in [-0.4, -0.2) is 16.3 Å². The lowest BCUT2D eigenvalue weighted by Gasteiger charge is -2.14. The summed E-state index contributed by atoms with van der Waals surface area (Å²) in [7, 11) is 0. The molecule has 0 aliphatic heterocycles. The van der Waals surface area contributed by atoms with E-state index in [0.29, 0.717) is 10.6 Å². The van der Waals surface area contributed by atoms with E-state index >= 15 is 0 Å². The Morgan fingerprint density at radius 1 is 1.25 bits per heavy atom. The first-order chi connectivity index (χ1) is 5.63. The van der Waals surface area contributed by atoms with Gasteiger partial charge < -0.3 is 10.2 Å². The molecule has 0 aliphatic carbocycles. The molecule has 0 aromatic heterocycles. The van der Waals surface area contributed by atoms with Gasteiger partial charge in [-0.3, -0.25) is 0 Å². The molecular formula is C9H11ClO2. The minimum Gasteiger partial charge on any atom is -0.390 e. The van der Waals surface area contributed by atoms with Gasteiger partial charge in [0.1, 0.15) is 6.10 Å². The van der Waals surface area contributed by atoms with E-state index in [2.05, 4.69) is 0 Å². The molecule has 0 radical (unpaired) electrons. The van der Waals surface area contributed by atoms with Gasteiger partial charge in [0.15, 0.2) is 0 Å². The second kappa shape index (κ2) is 3.90. The van der Waals surface area contributed by atoms with Crippen molar-refractivity contribution in [3.05, 3.63) is 34.9 Å². The molecule has 0 spiro atoms. The van der Waals surface area contributed by atoms with Crippen molar-refractivity contribution in [2.45, 2.75) is 19.1 Å². The third kappa shape index (κ3) is 1.97. The number of benzene rings is 1. The summed E-state index contributed by atoms with van der Waals surface area (Å²) in [6, 6.07) is 6.93. The lowest BCUT2D eigenvalue weighted by atomic mass is 10.1. The SMILES string of the molecule is CC(O)[C@H](O)c1ccccc1Cl. The van der Waals surface area contributed by atoms with Gasteiger partial charge in [0.05, 0.1) is 6.10 Å². The van der Waals surface area contributed by atoms with E-state index < -0.39 is 12.2 Å². The molecule has 1 aromatic rings. The molecule has 1 rings (SSSR count). The van der Waals surface area contributed by atoms with Crippen LogP contribution in [-0.2, 0) is 0 Å². The first-order valence-electron chi connectivity index (χ1n) is 3.73. The number of hydrogen-bond donors (Lipinski definition) is 2. The molecule has 1 unspecified atom stereocenters. The van der Waals surface area contributed by atoms with Crippen molar-refractivity contribution in [2.75, 3.05) is 0 Å². The molecule has 2 atom stereocenters. The first kappa shape index (κ1) is 9.52. The molecule has 0 heterocycles. The van der Waals surface area contributed by atoms with Gasteiger partial charge in [-0.2, -0.15) is 0 Å². The highest BCUT2D eigenvalue weighted by Gasteiger charge is 2.15. The van der Waals surface area contributed by atoms with Crippen LogP contribution >= 0.6 is 11.6 Å². The van der Waals surface area contributed by atoms with Crippen molar-refractivity contribution in [2.24, 2.45) is 0 Å². The summed E-state index contributed by atoms with van der Waals surface area (Å²) in [5.41, 5.74) is 0.564. The molecule has 2 nitrogen and oxygen atoms in total. The molecule has 66 valence electrons. The number of aliphatic hydroxyl groups excluding tert-OH is 2. The van der Waals surface area contributed by atoms with E-state index in [9.17, 15) is 5.11 Å². The fourth-order valence-corrected chi connectivity index (χ4v) is 1.22. The van der Waals surface area contributed by atoms with Crippen molar-refractivity contribution < 1.29 is 10.2 Å². The Kier molecular flexibility index (Phi) is 3.09. The van der Waals surface area contributed by atoms with Crippen LogP contribution in [0.2, 0.25) is 5.02 Å². The normalized spacial score (nSPS) is 15.7. The smallest absolute Gasteiger partial charge is 0.106 e. The van der Waals surface area contributed by atoms with Gasteiger partial charge in [0, 0.05) is 10.6 Å². The average Bonchev–Trinajstić information content (AvgIpc) is 2.04. The van der Waals surface area contributed by atoms with Crippen LogP contribution in [0.15, 0.2) is 24.3 Å². The van der Waals surface area contributed by atoms with Gasteiger partial charge in [0.2, 0.25) is 0 Å². The quantitative estimate of drug-likeness (QED) is 0.739. The Bertz CT molecular complexity index is 260. The maximum absolute atomic E-state index is 9.44. The Balaban J connectivity index is 2.94. The molecule has 0 saturated carbocycles. The molecule has 0 amide bonds. The maximum Gasteiger partial charge on any atom is 0.106 e. The van der Waals surface area contributed by atoms with Crippen LogP contribution in [0, 0.1) is 0 Å². The van der Waals surface area contributed by atoms with E-state index in [1.54, 1.807) is 24.3 Å². The minimum absolute atomic E-state index is 0.478. The highest BCUT2D eigenvalue weighted by atomic mass is 35.5. The zero-order valence-corrected chi connectivity index (χ0v) is 7.49. The molecule has 3 heteroatoms. The fourth-order valence-electron chi connectivity index (χ4n) is 0.975. The molecule has 0 saturated heterocycles. The summed E-state index contributed by atoms with van der Waals surface area (Å²) in [5.74, 6) is 0. The zero-order chi connectivity index (χ0) is 9.14. The number of halogens is 1. The molecule has 1 aromatic carbocycles. The van der Waals surface area contributed by atoms with Gasteiger partial charge in [-0.1, -0.05) is 29.8 Å². The van der Waals surface area contributed by atoms with Gasteiger partial charge in [-0.05, 0) is 13.0 Å². The summed E-state index contributed by atoms with van der Waals surface area (Å²) in [5, 5.41) is 19.0. The van der Waals surface area contributed by atoms with E-state index in [1.165, 1.54) is 6.92 Å². The fraction of sp³-hybridized carbons (Fsp3) is 0.333. The third-order valence-corrected chi connectivity index (χ3v) is 2.03. The standard InChI is InChI=1S/C9H11ClO2/c1-6(11)9(12)7-4-2-3-5-8(7)10/h2-6,9,11-12H,1H3/t6?,9-/m0/s1. The lowest BCUT2D eigenvalue weighted by Crippen LogP contribution is -2.13. The van der Waals surface area contributed by atoms with Gasteiger partial charge >= 0.3 is 0 Å². The van der Waals surface area contributed by atoms with Crippen LogP contribution in [0.4, 0.5) is 0 Å². The number of aliphatic hydroxyl groups is 2. The first-order valence-corrected chi connectivity index (χ1v) is 4.11. The summed E-state index contributed by atoms with van der Waals surface area (Å²) in [4.78, 5) is 0. The molecule has 12 heavy (non-hydrogen) atoms. The Morgan fingerprint density at radius 3 is 2.33 bits per heavy atom. The van der Waals surface area contributed by atoms with E-state index in [1.807, 2.05) is 0 Å². The molecule has 0 aliphatic rings. The van der Waals surface area contributed by atoms with Crippen LogP contribution < -0.4 is 0 Å². The second-order valence-corrected chi connectivity index (χ2v) is 3.11. The van der Waals surface area contributed by atoms with Crippen LogP contribution in [0.25, 0.3) is 0 Å². The number of rotatable bonds is 2. The van der Waals surface area contributed by atoms with E-state index in [0.717, 1.165) is 0 Å². The largest absolute Gasteiger partial charge is 0.390 e. The Hall–Kier alpha value is -0.570. The van der Waals surface area contributed by atoms with Crippen molar-refractivity contribution in [3.63, 3.8) is 0 Å². The summed E-state index contributed by atoms with van der Waals surface area (Å²) in [6.07, 6.45) is -1.71. The zero-order valence-electron chi connectivity index (χ0n) is 6.74. The monoisotopic (exact) mass is 186 g/mol. The van der Waals surface area contributed by atoms with Crippen molar-refractivity contribution in [1.29, 1.82) is 0 Å². The van der Waals surface area contributed by atoms with Crippen LogP contribution in [0.5, 0.6) is 0 Å². The average molecular weight is 187 g/mol. The van der Waals surface area contributed by atoms with E-state index in [4.69, 9.17) is 16.7 Å². The van der Waals surface area contributed by atoms with Crippen LogP contribution in [0.3, 0.4) is 0 Å². The predicted molar refractivity (Wildman–Crippen MR) is 48.1 cm³/mol. The lowest BCUT2D eigenvalue weighted by molar-refractivity contribution is 0.0306. The molecule has 0 bridgehead atoms. The van der Waals surface area contributed by atoms with Crippen LogP contribution in [0.1, 0.15) is 18.6 Å². The number of hydrogen-bond acceptors (Lipinski definition) is 2. The van der Waals surface area contributed by atoms with Crippen molar-refractivity contribution in [1.82, 2.24) is 0 Å². The summed E-state index contributed by atoms with van der Waals surface area (Å²) < 4.78 is 0. The summed E-state index contributed by atoms with van der Waals surface area (Å²) >= 11 is 5.79. The highest BCUT2D eigenvalue weighted by Crippen LogP contribution is 2.24. The van der Waals surface area contributed by atoms with Gasteiger partial charge in [-0.15, -0.1) is 0 Å². The summed E-state index contributed by atoms with van der Waals surface area (Å²) in [6.45, 7) is 1.52. The molecule has 2 N–H and O–H groups in total. The van der Waals surface area contributed by atoms with Crippen molar-refractivity contribution in [3.8, 4) is 0 Å². The van der Waals surface area contributed by atoms with Gasteiger partial charge in [0.25, 0.3) is 0 Å². The van der Waals surface area contributed by atoms with Crippen molar-refractivity contribution >= 4 is 11.6 Å².